The summed E-state index contributed by atoms with van der Waals surface area (Å²) in [6.45, 7) is 2.21. The van der Waals surface area contributed by atoms with Crippen molar-refractivity contribution >= 4 is 22.6 Å². The Morgan fingerprint density at radius 2 is 1.74 bits per heavy atom. The maximum absolute atomic E-state index is 13.6. The smallest absolute Gasteiger partial charge is 0.242 e. The summed E-state index contributed by atoms with van der Waals surface area (Å²) < 4.78 is 5.37. The van der Waals surface area contributed by atoms with Crippen LogP contribution in [0.2, 0.25) is 0 Å². The van der Waals surface area contributed by atoms with Gasteiger partial charge in [-0.2, -0.15) is 0 Å². The highest BCUT2D eigenvalue weighted by Gasteiger charge is 2.28. The SMILES string of the molecule is COc1cccc(CN(C(=O)CCc2cccc3ccccc23)[C@@H](C)C(=O)NC2CCCCC2)c1. The molecule has 1 aliphatic rings. The molecule has 1 atom stereocenters. The molecular formula is C30H36N2O3. The van der Waals surface area contributed by atoms with Crippen molar-refractivity contribution in [3.05, 3.63) is 77.9 Å². The number of hydrogen-bond acceptors (Lipinski definition) is 3. The van der Waals surface area contributed by atoms with E-state index in [9.17, 15) is 9.59 Å². The van der Waals surface area contributed by atoms with E-state index >= 15 is 0 Å². The average Bonchev–Trinajstić information content (AvgIpc) is 2.90. The molecule has 0 aromatic heterocycles. The van der Waals surface area contributed by atoms with E-state index in [0.717, 1.165) is 42.6 Å². The Morgan fingerprint density at radius 3 is 2.54 bits per heavy atom. The van der Waals surface area contributed by atoms with Crippen molar-refractivity contribution in [3.63, 3.8) is 0 Å². The van der Waals surface area contributed by atoms with Crippen LogP contribution in [0.1, 0.15) is 56.6 Å². The lowest BCUT2D eigenvalue weighted by Gasteiger charge is -2.31. The molecule has 2 amide bonds. The van der Waals surface area contributed by atoms with Crippen LogP contribution in [0.25, 0.3) is 10.8 Å². The van der Waals surface area contributed by atoms with Gasteiger partial charge in [0.25, 0.3) is 0 Å². The molecule has 4 rings (SSSR count). The second-order valence-corrected chi connectivity index (χ2v) is 9.53. The highest BCUT2D eigenvalue weighted by molar-refractivity contribution is 5.89. The van der Waals surface area contributed by atoms with Crippen molar-refractivity contribution in [3.8, 4) is 5.75 Å². The number of methoxy groups -OCH3 is 1. The molecule has 3 aromatic rings. The first-order valence-corrected chi connectivity index (χ1v) is 12.7. The van der Waals surface area contributed by atoms with Crippen LogP contribution in [0.5, 0.6) is 5.75 Å². The number of benzene rings is 3. The molecular weight excluding hydrogens is 436 g/mol. The number of nitrogens with one attached hydrogen (secondary N) is 1. The van der Waals surface area contributed by atoms with Crippen molar-refractivity contribution < 1.29 is 14.3 Å². The zero-order valence-electron chi connectivity index (χ0n) is 20.8. The number of amides is 2. The van der Waals surface area contributed by atoms with Crippen LogP contribution in [0.3, 0.4) is 0 Å². The first-order chi connectivity index (χ1) is 17.0. The standard InChI is InChI=1S/C30H36N2O3/c1-22(30(34)31-26-14-4-3-5-15-26)32(21-23-10-8-16-27(20-23)35-2)29(33)19-18-25-13-9-12-24-11-6-7-17-28(24)25/h6-13,16-17,20,22,26H,3-5,14-15,18-19,21H2,1-2H3,(H,31,34)/t22-/m0/s1. The van der Waals surface area contributed by atoms with Gasteiger partial charge in [-0.25, -0.2) is 0 Å². The summed E-state index contributed by atoms with van der Waals surface area (Å²) in [6.07, 6.45) is 6.54. The van der Waals surface area contributed by atoms with Crippen LogP contribution in [0.4, 0.5) is 0 Å². The van der Waals surface area contributed by atoms with Crippen LogP contribution in [-0.4, -0.2) is 35.9 Å². The van der Waals surface area contributed by atoms with E-state index in [0.29, 0.717) is 19.4 Å². The summed E-state index contributed by atoms with van der Waals surface area (Å²) in [6, 6.07) is 21.8. The number of carbonyl (C=O) groups excluding carboxylic acids is 2. The second-order valence-electron chi connectivity index (χ2n) is 9.53. The number of hydrogen-bond donors (Lipinski definition) is 1. The van der Waals surface area contributed by atoms with Gasteiger partial charge in [-0.1, -0.05) is 73.9 Å². The zero-order valence-corrected chi connectivity index (χ0v) is 20.8. The Kier molecular flexibility index (Phi) is 8.40. The molecule has 184 valence electrons. The Balaban J connectivity index is 1.51. The van der Waals surface area contributed by atoms with Gasteiger partial charge in [-0.15, -0.1) is 0 Å². The number of ether oxygens (including phenoxy) is 1. The minimum atomic E-state index is -0.553. The maximum Gasteiger partial charge on any atom is 0.242 e. The van der Waals surface area contributed by atoms with Crippen LogP contribution in [-0.2, 0) is 22.6 Å². The van der Waals surface area contributed by atoms with Crippen LogP contribution >= 0.6 is 0 Å². The molecule has 0 bridgehead atoms. The molecule has 0 spiro atoms. The van der Waals surface area contributed by atoms with Gasteiger partial charge in [-0.3, -0.25) is 9.59 Å². The predicted molar refractivity (Wildman–Crippen MR) is 140 cm³/mol. The summed E-state index contributed by atoms with van der Waals surface area (Å²) in [7, 11) is 1.63. The van der Waals surface area contributed by atoms with Crippen molar-refractivity contribution in [2.75, 3.05) is 7.11 Å². The second kappa shape index (κ2) is 11.9. The number of aryl methyl sites for hydroxylation is 1. The van der Waals surface area contributed by atoms with Gasteiger partial charge in [0.1, 0.15) is 11.8 Å². The van der Waals surface area contributed by atoms with E-state index in [1.54, 1.807) is 12.0 Å². The predicted octanol–water partition coefficient (Wildman–Crippen LogP) is 5.65. The molecule has 35 heavy (non-hydrogen) atoms. The number of carbonyl (C=O) groups is 2. The van der Waals surface area contributed by atoms with E-state index in [2.05, 4.69) is 29.6 Å². The van der Waals surface area contributed by atoms with Crippen molar-refractivity contribution in [1.82, 2.24) is 10.2 Å². The van der Waals surface area contributed by atoms with Gasteiger partial charge < -0.3 is 15.0 Å². The lowest BCUT2D eigenvalue weighted by Crippen LogP contribution is -2.50. The Hall–Kier alpha value is -3.34. The molecule has 0 saturated heterocycles. The summed E-state index contributed by atoms with van der Waals surface area (Å²) in [5.74, 6) is 0.648. The topological polar surface area (TPSA) is 58.6 Å². The van der Waals surface area contributed by atoms with Crippen LogP contribution < -0.4 is 10.1 Å². The quantitative estimate of drug-likeness (QED) is 0.438. The third-order valence-electron chi connectivity index (χ3n) is 7.09. The number of rotatable bonds is 9. The third kappa shape index (κ3) is 6.41. The average molecular weight is 473 g/mol. The molecule has 1 saturated carbocycles. The van der Waals surface area contributed by atoms with Crippen molar-refractivity contribution in [2.24, 2.45) is 0 Å². The molecule has 5 nitrogen and oxygen atoms in total. The first-order valence-electron chi connectivity index (χ1n) is 12.7. The molecule has 0 unspecified atom stereocenters. The summed E-state index contributed by atoms with van der Waals surface area (Å²) in [5, 5.41) is 5.55. The molecule has 1 N–H and O–H groups in total. The summed E-state index contributed by atoms with van der Waals surface area (Å²) >= 11 is 0. The van der Waals surface area contributed by atoms with Gasteiger partial charge >= 0.3 is 0 Å². The molecule has 1 aliphatic carbocycles. The minimum absolute atomic E-state index is 0.0213. The normalized spacial score (nSPS) is 14.9. The molecule has 1 fully saturated rings. The third-order valence-corrected chi connectivity index (χ3v) is 7.09. The number of nitrogens with zero attached hydrogens (tertiary/aromatic N) is 1. The lowest BCUT2D eigenvalue weighted by molar-refractivity contribution is -0.141. The van der Waals surface area contributed by atoms with Gasteiger partial charge in [0.15, 0.2) is 0 Å². The van der Waals surface area contributed by atoms with E-state index in [-0.39, 0.29) is 17.9 Å². The summed E-state index contributed by atoms with van der Waals surface area (Å²) in [4.78, 5) is 28.5. The van der Waals surface area contributed by atoms with Gasteiger partial charge in [0.2, 0.25) is 11.8 Å². The van der Waals surface area contributed by atoms with Gasteiger partial charge in [0.05, 0.1) is 7.11 Å². The van der Waals surface area contributed by atoms with Crippen LogP contribution in [0, 0.1) is 0 Å². The first kappa shape index (κ1) is 24.8. The van der Waals surface area contributed by atoms with Crippen LogP contribution in [0.15, 0.2) is 66.7 Å². The Morgan fingerprint density at radius 1 is 1.00 bits per heavy atom. The fourth-order valence-electron chi connectivity index (χ4n) is 5.01. The fourth-order valence-corrected chi connectivity index (χ4v) is 5.01. The molecule has 0 heterocycles. The van der Waals surface area contributed by atoms with Crippen molar-refractivity contribution in [1.29, 1.82) is 0 Å². The Bertz CT molecular complexity index is 1150. The van der Waals surface area contributed by atoms with E-state index in [1.807, 2.05) is 49.4 Å². The monoisotopic (exact) mass is 472 g/mol. The molecule has 0 aliphatic heterocycles. The highest BCUT2D eigenvalue weighted by Crippen LogP contribution is 2.22. The van der Waals surface area contributed by atoms with Crippen molar-refractivity contribution in [2.45, 2.75) is 70.5 Å². The Labute approximate surface area is 208 Å². The van der Waals surface area contributed by atoms with E-state index < -0.39 is 6.04 Å². The van der Waals surface area contributed by atoms with Gasteiger partial charge in [-0.05, 0) is 60.2 Å². The maximum atomic E-state index is 13.6. The molecule has 0 radical (unpaired) electrons. The van der Waals surface area contributed by atoms with E-state index in [4.69, 9.17) is 4.74 Å². The molecule has 5 heteroatoms. The zero-order chi connectivity index (χ0) is 24.6. The summed E-state index contributed by atoms with van der Waals surface area (Å²) in [5.41, 5.74) is 2.09. The minimum Gasteiger partial charge on any atom is -0.497 e. The van der Waals surface area contributed by atoms with E-state index in [1.165, 1.54) is 17.2 Å². The fraction of sp³-hybridized carbons (Fsp3) is 0.400. The largest absolute Gasteiger partial charge is 0.497 e. The molecule has 3 aromatic carbocycles. The van der Waals surface area contributed by atoms with Gasteiger partial charge in [0, 0.05) is 19.0 Å². The lowest BCUT2D eigenvalue weighted by atomic mass is 9.95. The highest BCUT2D eigenvalue weighted by atomic mass is 16.5. The number of fused-ring (bicyclic) bond motifs is 1.